The summed E-state index contributed by atoms with van der Waals surface area (Å²) in [6, 6.07) is 6.54. The van der Waals surface area contributed by atoms with Gasteiger partial charge in [0.05, 0.1) is 6.07 Å². The lowest BCUT2D eigenvalue weighted by Gasteiger charge is -2.34. The normalized spacial score (nSPS) is 13.3. The van der Waals surface area contributed by atoms with Gasteiger partial charge in [-0.15, -0.1) is 6.42 Å². The molecule has 196 valence electrons. The zero-order chi connectivity index (χ0) is 27.3. The molecular weight excluding hydrogens is 476 g/mol. The molecule has 0 radical (unpaired) electrons. The highest BCUT2D eigenvalue weighted by Crippen LogP contribution is 2.26. The Hall–Kier alpha value is -3.17. The summed E-state index contributed by atoms with van der Waals surface area (Å²) in [7, 11) is 0. The summed E-state index contributed by atoms with van der Waals surface area (Å²) >= 11 is 1.51. The van der Waals surface area contributed by atoms with E-state index in [1.165, 1.54) is 16.7 Å². The Morgan fingerprint density at radius 1 is 1.19 bits per heavy atom. The van der Waals surface area contributed by atoms with Crippen LogP contribution in [0.1, 0.15) is 71.0 Å². The van der Waals surface area contributed by atoms with Gasteiger partial charge in [-0.05, 0) is 64.2 Å². The number of terminal acetylenes is 1. The lowest BCUT2D eigenvalue weighted by molar-refractivity contribution is -0.142. The molecular formula is C27H38N4O4S. The Balaban J connectivity index is 3.50. The minimum Gasteiger partial charge on any atom is -0.444 e. The number of carbonyl (C=O) groups is 3. The van der Waals surface area contributed by atoms with E-state index in [-0.39, 0.29) is 12.6 Å². The summed E-state index contributed by atoms with van der Waals surface area (Å²) in [5.74, 6) is 2.14. The molecule has 0 heterocycles. The van der Waals surface area contributed by atoms with Gasteiger partial charge >= 0.3 is 6.09 Å². The van der Waals surface area contributed by atoms with Crippen LogP contribution in [0, 0.1) is 23.7 Å². The van der Waals surface area contributed by atoms with Crippen molar-refractivity contribution in [3.63, 3.8) is 0 Å². The first-order valence-corrected chi connectivity index (χ1v) is 13.4. The highest BCUT2D eigenvalue weighted by Gasteiger charge is 2.37. The second-order valence-corrected chi connectivity index (χ2v) is 10.4. The number of alkyl carbamates (subject to hydrolysis) is 1. The molecule has 1 aromatic carbocycles. The molecule has 0 aliphatic heterocycles. The lowest BCUT2D eigenvalue weighted by atomic mass is 9.97. The van der Waals surface area contributed by atoms with Crippen molar-refractivity contribution in [2.45, 2.75) is 77.6 Å². The highest BCUT2D eigenvalue weighted by molar-refractivity contribution is 7.98. The third kappa shape index (κ3) is 9.83. The van der Waals surface area contributed by atoms with E-state index in [1.54, 1.807) is 45.0 Å². The standard InChI is InChI=1S/C27H38N4O4S/c1-8-12-19(3)29-24(32)23(21-14-11-10-13-20(21)9-2)31(17-16-28)25(33)22(15-18-36-7)30-26(34)35-27(4,5)6/h2,10-11,13-14,19,22-23H,8,12,15,17-18H2,1,3-7H3,(H,29,32)(H,30,34). The molecule has 36 heavy (non-hydrogen) atoms. The van der Waals surface area contributed by atoms with Gasteiger partial charge in [0.1, 0.15) is 24.2 Å². The van der Waals surface area contributed by atoms with E-state index in [2.05, 4.69) is 16.6 Å². The van der Waals surface area contributed by atoms with Crippen LogP contribution < -0.4 is 10.6 Å². The van der Waals surface area contributed by atoms with E-state index in [1.807, 2.05) is 26.2 Å². The van der Waals surface area contributed by atoms with Crippen LogP contribution in [0.2, 0.25) is 0 Å². The number of hydrogen-bond acceptors (Lipinski definition) is 6. The zero-order valence-electron chi connectivity index (χ0n) is 22.1. The number of rotatable bonds is 12. The number of carbonyl (C=O) groups excluding carboxylic acids is 3. The van der Waals surface area contributed by atoms with Crippen molar-refractivity contribution < 1.29 is 19.1 Å². The molecule has 0 saturated carbocycles. The summed E-state index contributed by atoms with van der Waals surface area (Å²) in [5, 5.41) is 15.2. The molecule has 3 unspecified atom stereocenters. The minimum atomic E-state index is -1.15. The average molecular weight is 515 g/mol. The average Bonchev–Trinajstić information content (AvgIpc) is 2.80. The number of nitrogens with zero attached hydrogens (tertiary/aromatic N) is 2. The van der Waals surface area contributed by atoms with Crippen LogP contribution in [0.5, 0.6) is 0 Å². The monoisotopic (exact) mass is 514 g/mol. The van der Waals surface area contributed by atoms with E-state index in [0.717, 1.165) is 12.8 Å². The Morgan fingerprint density at radius 2 is 1.86 bits per heavy atom. The number of amides is 3. The topological polar surface area (TPSA) is 112 Å². The van der Waals surface area contributed by atoms with Crippen molar-refractivity contribution in [1.29, 1.82) is 5.26 Å². The van der Waals surface area contributed by atoms with Crippen molar-refractivity contribution in [1.82, 2.24) is 15.5 Å². The third-order valence-corrected chi connectivity index (χ3v) is 5.85. The van der Waals surface area contributed by atoms with E-state index in [0.29, 0.717) is 23.3 Å². The first-order chi connectivity index (χ1) is 17.0. The Labute approximate surface area is 219 Å². The number of nitrogens with one attached hydrogen (secondary N) is 2. The van der Waals surface area contributed by atoms with E-state index in [9.17, 15) is 19.6 Å². The fourth-order valence-electron chi connectivity index (χ4n) is 3.66. The fourth-order valence-corrected chi connectivity index (χ4v) is 4.13. The molecule has 8 nitrogen and oxygen atoms in total. The van der Waals surface area contributed by atoms with Crippen molar-refractivity contribution >= 4 is 29.7 Å². The third-order valence-electron chi connectivity index (χ3n) is 5.21. The maximum Gasteiger partial charge on any atom is 0.408 e. The molecule has 9 heteroatoms. The Bertz CT molecular complexity index is 977. The smallest absolute Gasteiger partial charge is 0.408 e. The molecule has 0 saturated heterocycles. The van der Waals surface area contributed by atoms with Gasteiger partial charge in [0, 0.05) is 11.6 Å². The van der Waals surface area contributed by atoms with Gasteiger partial charge in [-0.1, -0.05) is 37.5 Å². The number of nitriles is 1. The molecule has 0 fully saturated rings. The first kappa shape index (κ1) is 30.9. The van der Waals surface area contributed by atoms with Gasteiger partial charge in [0.2, 0.25) is 11.8 Å². The zero-order valence-corrected chi connectivity index (χ0v) is 22.9. The molecule has 0 spiro atoms. The SMILES string of the molecule is C#Cc1ccccc1C(C(=O)NC(C)CCC)N(CC#N)C(=O)C(CCSC)NC(=O)OC(C)(C)C. The summed E-state index contributed by atoms with van der Waals surface area (Å²) in [5.41, 5.74) is 0.121. The van der Waals surface area contributed by atoms with Crippen molar-refractivity contribution in [3.8, 4) is 18.4 Å². The first-order valence-electron chi connectivity index (χ1n) is 12.0. The number of ether oxygens (including phenoxy) is 1. The van der Waals surface area contributed by atoms with Crippen LogP contribution in [0.4, 0.5) is 4.79 Å². The van der Waals surface area contributed by atoms with Crippen molar-refractivity contribution in [2.24, 2.45) is 0 Å². The summed E-state index contributed by atoms with van der Waals surface area (Å²) < 4.78 is 5.35. The van der Waals surface area contributed by atoms with Crippen LogP contribution in [-0.4, -0.2) is 59.0 Å². The lowest BCUT2D eigenvalue weighted by Crippen LogP contribution is -2.54. The summed E-state index contributed by atoms with van der Waals surface area (Å²) in [6.45, 7) is 8.70. The van der Waals surface area contributed by atoms with Gasteiger partial charge in [0.15, 0.2) is 0 Å². The van der Waals surface area contributed by atoms with Gasteiger partial charge < -0.3 is 20.3 Å². The maximum atomic E-state index is 13.8. The molecule has 3 atom stereocenters. The summed E-state index contributed by atoms with van der Waals surface area (Å²) in [6.07, 6.45) is 8.75. The van der Waals surface area contributed by atoms with Crippen LogP contribution >= 0.6 is 11.8 Å². The molecule has 0 bridgehead atoms. The molecule has 2 N–H and O–H groups in total. The van der Waals surface area contributed by atoms with E-state index >= 15 is 0 Å². The number of thioether (sulfide) groups is 1. The second kappa shape index (κ2) is 15.1. The predicted molar refractivity (Wildman–Crippen MR) is 143 cm³/mol. The number of benzene rings is 1. The molecule has 1 rings (SSSR count). The molecule has 3 amide bonds. The quantitative estimate of drug-likeness (QED) is 0.322. The van der Waals surface area contributed by atoms with Crippen LogP contribution in [0.25, 0.3) is 0 Å². The fraction of sp³-hybridized carbons (Fsp3) is 0.556. The van der Waals surface area contributed by atoms with Crippen LogP contribution in [0.15, 0.2) is 24.3 Å². The van der Waals surface area contributed by atoms with Gasteiger partial charge in [0.25, 0.3) is 0 Å². The summed E-state index contributed by atoms with van der Waals surface area (Å²) in [4.78, 5) is 41.1. The molecule has 1 aromatic rings. The largest absolute Gasteiger partial charge is 0.444 e. The van der Waals surface area contributed by atoms with Gasteiger partial charge in [-0.2, -0.15) is 17.0 Å². The van der Waals surface area contributed by atoms with Gasteiger partial charge in [-0.25, -0.2) is 4.79 Å². The maximum absolute atomic E-state index is 13.8. The Kier molecular flexibility index (Phi) is 12.9. The van der Waals surface area contributed by atoms with Crippen LogP contribution in [-0.2, 0) is 14.3 Å². The van der Waals surface area contributed by atoms with E-state index in [4.69, 9.17) is 11.2 Å². The van der Waals surface area contributed by atoms with Crippen molar-refractivity contribution in [3.05, 3.63) is 35.4 Å². The minimum absolute atomic E-state index is 0.144. The predicted octanol–water partition coefficient (Wildman–Crippen LogP) is 4.01. The second-order valence-electron chi connectivity index (χ2n) is 9.44. The number of hydrogen-bond donors (Lipinski definition) is 2. The molecule has 0 aliphatic carbocycles. The highest BCUT2D eigenvalue weighted by atomic mass is 32.2. The molecule has 0 aromatic heterocycles. The van der Waals surface area contributed by atoms with E-state index < -0.39 is 35.6 Å². The van der Waals surface area contributed by atoms with Gasteiger partial charge in [-0.3, -0.25) is 9.59 Å². The Morgan fingerprint density at radius 3 is 2.42 bits per heavy atom. The van der Waals surface area contributed by atoms with Crippen molar-refractivity contribution in [2.75, 3.05) is 18.6 Å². The van der Waals surface area contributed by atoms with Crippen LogP contribution in [0.3, 0.4) is 0 Å². The molecule has 0 aliphatic rings.